The summed E-state index contributed by atoms with van der Waals surface area (Å²) in [7, 11) is 0. The average molecular weight is 167 g/mol. The standard InChI is InChI=1S/C8H13N3O/c1-2-10-8(5-12)3-7-4-9-6-11-7/h4-6,8,10H,2-3H2,1H3,(H,9,11)/t8-/m0/s1. The first kappa shape index (κ1) is 8.93. The number of carbonyl (C=O) groups excluding carboxylic acids is 1. The van der Waals surface area contributed by atoms with Gasteiger partial charge in [-0.3, -0.25) is 0 Å². The number of aromatic nitrogens is 2. The van der Waals surface area contributed by atoms with Crippen molar-refractivity contribution >= 4 is 6.29 Å². The second-order valence-corrected chi connectivity index (χ2v) is 2.58. The van der Waals surface area contributed by atoms with E-state index in [2.05, 4.69) is 15.3 Å². The van der Waals surface area contributed by atoms with E-state index in [0.717, 1.165) is 18.5 Å². The van der Waals surface area contributed by atoms with Gasteiger partial charge in [0.1, 0.15) is 6.29 Å². The van der Waals surface area contributed by atoms with Crippen LogP contribution in [0.2, 0.25) is 0 Å². The van der Waals surface area contributed by atoms with Crippen molar-refractivity contribution in [3.05, 3.63) is 18.2 Å². The number of likely N-dealkylation sites (N-methyl/N-ethyl adjacent to an activating group) is 1. The lowest BCUT2D eigenvalue weighted by Crippen LogP contribution is -2.32. The zero-order chi connectivity index (χ0) is 8.81. The van der Waals surface area contributed by atoms with E-state index in [0.29, 0.717) is 6.42 Å². The Kier molecular flexibility index (Phi) is 3.47. The van der Waals surface area contributed by atoms with Gasteiger partial charge in [0.2, 0.25) is 0 Å². The van der Waals surface area contributed by atoms with Crippen molar-refractivity contribution in [2.45, 2.75) is 19.4 Å². The lowest BCUT2D eigenvalue weighted by atomic mass is 10.2. The molecule has 0 unspecified atom stereocenters. The van der Waals surface area contributed by atoms with Crippen LogP contribution in [0.5, 0.6) is 0 Å². The minimum atomic E-state index is -0.101. The number of imidazole rings is 1. The van der Waals surface area contributed by atoms with Gasteiger partial charge in [-0.2, -0.15) is 0 Å². The molecular weight excluding hydrogens is 154 g/mol. The number of rotatable bonds is 5. The molecular formula is C8H13N3O. The Morgan fingerprint density at radius 3 is 3.17 bits per heavy atom. The summed E-state index contributed by atoms with van der Waals surface area (Å²) < 4.78 is 0. The number of H-pyrrole nitrogens is 1. The Hall–Kier alpha value is -1.16. The molecule has 0 bridgehead atoms. The van der Waals surface area contributed by atoms with E-state index in [9.17, 15) is 4.79 Å². The average Bonchev–Trinajstić information content (AvgIpc) is 2.56. The summed E-state index contributed by atoms with van der Waals surface area (Å²) in [6.45, 7) is 2.78. The van der Waals surface area contributed by atoms with Gasteiger partial charge in [0.15, 0.2) is 0 Å². The lowest BCUT2D eigenvalue weighted by Gasteiger charge is -2.08. The van der Waals surface area contributed by atoms with Crippen LogP contribution in [0.15, 0.2) is 12.5 Å². The molecule has 1 aromatic heterocycles. The van der Waals surface area contributed by atoms with Gasteiger partial charge in [-0.05, 0) is 6.54 Å². The molecule has 1 atom stereocenters. The van der Waals surface area contributed by atoms with Crippen molar-refractivity contribution in [2.24, 2.45) is 0 Å². The maximum atomic E-state index is 10.5. The summed E-state index contributed by atoms with van der Waals surface area (Å²) in [5.74, 6) is 0. The first-order valence-electron chi connectivity index (χ1n) is 4.02. The molecule has 0 saturated heterocycles. The van der Waals surface area contributed by atoms with Crippen LogP contribution < -0.4 is 5.32 Å². The highest BCUT2D eigenvalue weighted by Crippen LogP contribution is 1.95. The molecule has 0 saturated carbocycles. The largest absolute Gasteiger partial charge is 0.348 e. The second kappa shape index (κ2) is 4.66. The van der Waals surface area contributed by atoms with Gasteiger partial charge in [-0.1, -0.05) is 6.92 Å². The van der Waals surface area contributed by atoms with Crippen molar-refractivity contribution in [3.63, 3.8) is 0 Å². The normalized spacial score (nSPS) is 12.8. The Morgan fingerprint density at radius 2 is 2.67 bits per heavy atom. The fraction of sp³-hybridized carbons (Fsp3) is 0.500. The molecule has 1 heterocycles. The first-order valence-corrected chi connectivity index (χ1v) is 4.02. The number of aldehydes is 1. The number of carbonyl (C=O) groups is 1. The van der Waals surface area contributed by atoms with E-state index < -0.39 is 0 Å². The molecule has 0 radical (unpaired) electrons. The Morgan fingerprint density at radius 1 is 1.83 bits per heavy atom. The van der Waals surface area contributed by atoms with Crippen LogP contribution in [0.1, 0.15) is 12.6 Å². The van der Waals surface area contributed by atoms with Crippen LogP contribution in [0.3, 0.4) is 0 Å². The third kappa shape index (κ3) is 2.47. The van der Waals surface area contributed by atoms with Gasteiger partial charge in [0.05, 0.1) is 12.4 Å². The SMILES string of the molecule is CCN[C@H](C=O)Cc1cnc[nH]1. The number of nitrogens with zero attached hydrogens (tertiary/aromatic N) is 1. The van der Waals surface area contributed by atoms with Crippen LogP contribution >= 0.6 is 0 Å². The fourth-order valence-corrected chi connectivity index (χ4v) is 1.06. The van der Waals surface area contributed by atoms with Crippen molar-refractivity contribution in [1.29, 1.82) is 0 Å². The molecule has 0 amide bonds. The van der Waals surface area contributed by atoms with E-state index in [-0.39, 0.29) is 6.04 Å². The third-order valence-electron chi connectivity index (χ3n) is 1.63. The highest BCUT2D eigenvalue weighted by Gasteiger charge is 2.06. The summed E-state index contributed by atoms with van der Waals surface area (Å²) in [5.41, 5.74) is 0.980. The van der Waals surface area contributed by atoms with E-state index in [1.807, 2.05) is 6.92 Å². The molecule has 2 N–H and O–H groups in total. The molecule has 0 spiro atoms. The molecule has 1 rings (SSSR count). The number of nitrogens with one attached hydrogen (secondary N) is 2. The predicted molar refractivity (Wildman–Crippen MR) is 45.8 cm³/mol. The second-order valence-electron chi connectivity index (χ2n) is 2.58. The summed E-state index contributed by atoms with van der Waals surface area (Å²) in [4.78, 5) is 17.3. The van der Waals surface area contributed by atoms with Crippen molar-refractivity contribution < 1.29 is 4.79 Å². The summed E-state index contributed by atoms with van der Waals surface area (Å²) in [6, 6.07) is -0.101. The van der Waals surface area contributed by atoms with Crippen LogP contribution in [0.25, 0.3) is 0 Å². The number of hydrogen-bond donors (Lipinski definition) is 2. The first-order chi connectivity index (χ1) is 5.86. The van der Waals surface area contributed by atoms with Gasteiger partial charge in [-0.15, -0.1) is 0 Å². The Bertz CT molecular complexity index is 220. The molecule has 0 aliphatic carbocycles. The maximum absolute atomic E-state index is 10.5. The molecule has 12 heavy (non-hydrogen) atoms. The maximum Gasteiger partial charge on any atom is 0.137 e. The molecule has 0 aliphatic heterocycles. The number of aromatic amines is 1. The van der Waals surface area contributed by atoms with Crippen molar-refractivity contribution in [2.75, 3.05) is 6.54 Å². The van der Waals surface area contributed by atoms with Crippen molar-refractivity contribution in [3.8, 4) is 0 Å². The smallest absolute Gasteiger partial charge is 0.137 e. The van der Waals surface area contributed by atoms with Gasteiger partial charge in [-0.25, -0.2) is 4.98 Å². The molecule has 1 aromatic rings. The molecule has 0 aliphatic rings. The lowest BCUT2D eigenvalue weighted by molar-refractivity contribution is -0.109. The van der Waals surface area contributed by atoms with E-state index in [1.165, 1.54) is 0 Å². The number of hydrogen-bond acceptors (Lipinski definition) is 3. The summed E-state index contributed by atoms with van der Waals surface area (Å²) in [6.07, 6.45) is 4.94. The van der Waals surface area contributed by atoms with E-state index in [4.69, 9.17) is 0 Å². The topological polar surface area (TPSA) is 57.8 Å². The van der Waals surface area contributed by atoms with E-state index in [1.54, 1.807) is 12.5 Å². The third-order valence-corrected chi connectivity index (χ3v) is 1.63. The molecule has 0 fully saturated rings. The van der Waals surface area contributed by atoms with Gasteiger partial charge >= 0.3 is 0 Å². The zero-order valence-electron chi connectivity index (χ0n) is 7.08. The van der Waals surface area contributed by atoms with Crippen LogP contribution in [-0.2, 0) is 11.2 Å². The highest BCUT2D eigenvalue weighted by atomic mass is 16.1. The quantitative estimate of drug-likeness (QED) is 0.613. The van der Waals surface area contributed by atoms with Gasteiger partial charge < -0.3 is 15.1 Å². The van der Waals surface area contributed by atoms with Crippen LogP contribution in [0.4, 0.5) is 0 Å². The Labute approximate surface area is 71.4 Å². The molecule has 66 valence electrons. The molecule has 0 aromatic carbocycles. The summed E-state index contributed by atoms with van der Waals surface area (Å²) >= 11 is 0. The zero-order valence-corrected chi connectivity index (χ0v) is 7.08. The molecule has 4 heteroatoms. The Balaban J connectivity index is 2.42. The fourth-order valence-electron chi connectivity index (χ4n) is 1.06. The van der Waals surface area contributed by atoms with E-state index >= 15 is 0 Å². The van der Waals surface area contributed by atoms with Crippen LogP contribution in [-0.4, -0.2) is 28.8 Å². The minimum Gasteiger partial charge on any atom is -0.348 e. The minimum absolute atomic E-state index is 0.101. The predicted octanol–water partition coefficient (Wildman–Crippen LogP) is 0.129. The molecule has 4 nitrogen and oxygen atoms in total. The van der Waals surface area contributed by atoms with Gasteiger partial charge in [0.25, 0.3) is 0 Å². The van der Waals surface area contributed by atoms with Crippen molar-refractivity contribution in [1.82, 2.24) is 15.3 Å². The van der Waals surface area contributed by atoms with Gasteiger partial charge in [0, 0.05) is 18.3 Å². The highest BCUT2D eigenvalue weighted by molar-refractivity contribution is 5.58. The summed E-state index contributed by atoms with van der Waals surface area (Å²) in [5, 5.41) is 3.05. The van der Waals surface area contributed by atoms with Crippen LogP contribution in [0, 0.1) is 0 Å². The monoisotopic (exact) mass is 167 g/mol.